The van der Waals surface area contributed by atoms with Crippen LogP contribution in [0.4, 0.5) is 11.4 Å². The van der Waals surface area contributed by atoms with Crippen molar-refractivity contribution in [3.05, 3.63) is 54.1 Å². The number of hydrogen-bond donors (Lipinski definition) is 1. The zero-order valence-electron chi connectivity index (χ0n) is 17.4. The fourth-order valence-corrected chi connectivity index (χ4v) is 3.51. The zero-order chi connectivity index (χ0) is 21.4. The Bertz CT molecular complexity index is 893. The van der Waals surface area contributed by atoms with Crippen LogP contribution in [0.3, 0.4) is 0 Å². The Morgan fingerprint density at radius 3 is 2.03 bits per heavy atom. The average Bonchev–Trinajstić information content (AvgIpc) is 2.70. The topological polar surface area (TPSA) is 79.0 Å². The third kappa shape index (κ3) is 6.76. The lowest BCUT2D eigenvalue weighted by Gasteiger charge is -2.27. The first-order chi connectivity index (χ1) is 13.8. The lowest BCUT2D eigenvalue weighted by Crippen LogP contribution is -2.38. The van der Waals surface area contributed by atoms with Crippen LogP contribution < -0.4 is 14.4 Å². The van der Waals surface area contributed by atoms with Crippen LogP contribution in [0.5, 0.6) is 5.75 Å². The first-order valence-electron chi connectivity index (χ1n) is 9.53. The highest BCUT2D eigenvalue weighted by Crippen LogP contribution is 2.22. The SMILES string of the molecule is CCN(CC)CCN(C(=O)c1ccc(NS(C)(=O)=O)cc1)c1ccc(OC)cc1. The maximum Gasteiger partial charge on any atom is 0.258 e. The molecule has 0 atom stereocenters. The van der Waals surface area contributed by atoms with E-state index in [-0.39, 0.29) is 5.91 Å². The molecule has 0 aliphatic heterocycles. The molecule has 1 amide bonds. The number of hydrogen-bond acceptors (Lipinski definition) is 5. The van der Waals surface area contributed by atoms with E-state index in [1.54, 1.807) is 36.3 Å². The van der Waals surface area contributed by atoms with Crippen LogP contribution in [-0.4, -0.2) is 58.8 Å². The first-order valence-corrected chi connectivity index (χ1v) is 11.4. The van der Waals surface area contributed by atoms with Gasteiger partial charge in [-0.15, -0.1) is 0 Å². The molecule has 29 heavy (non-hydrogen) atoms. The minimum atomic E-state index is -3.36. The highest BCUT2D eigenvalue weighted by atomic mass is 32.2. The largest absolute Gasteiger partial charge is 0.497 e. The molecule has 0 aliphatic carbocycles. The summed E-state index contributed by atoms with van der Waals surface area (Å²) in [4.78, 5) is 17.2. The van der Waals surface area contributed by atoms with E-state index in [0.717, 1.165) is 37.3 Å². The Morgan fingerprint density at radius 2 is 1.55 bits per heavy atom. The molecular formula is C21H29N3O4S. The number of amides is 1. The number of carbonyl (C=O) groups is 1. The number of ether oxygens (including phenoxy) is 1. The Balaban J connectivity index is 2.27. The summed E-state index contributed by atoms with van der Waals surface area (Å²) in [6.45, 7) is 7.29. The molecule has 0 aliphatic rings. The van der Waals surface area contributed by atoms with E-state index in [9.17, 15) is 13.2 Å². The molecule has 8 heteroatoms. The Hall–Kier alpha value is -2.58. The molecule has 0 radical (unpaired) electrons. The van der Waals surface area contributed by atoms with Crippen LogP contribution in [0, 0.1) is 0 Å². The van der Waals surface area contributed by atoms with E-state index in [2.05, 4.69) is 23.5 Å². The summed E-state index contributed by atoms with van der Waals surface area (Å²) < 4.78 is 30.4. The monoisotopic (exact) mass is 419 g/mol. The van der Waals surface area contributed by atoms with E-state index in [0.29, 0.717) is 17.8 Å². The molecule has 0 saturated heterocycles. The van der Waals surface area contributed by atoms with Gasteiger partial charge in [0.2, 0.25) is 10.0 Å². The standard InChI is InChI=1S/C21H29N3O4S/c1-5-23(6-2)15-16-24(19-11-13-20(28-3)14-12-19)21(25)17-7-9-18(10-8-17)22-29(4,26)27/h7-14,22H,5-6,15-16H2,1-4H3. The van der Waals surface area contributed by atoms with Crippen LogP contribution in [0.25, 0.3) is 0 Å². The predicted molar refractivity (Wildman–Crippen MR) is 117 cm³/mol. The zero-order valence-corrected chi connectivity index (χ0v) is 18.2. The summed E-state index contributed by atoms with van der Waals surface area (Å²) >= 11 is 0. The van der Waals surface area contributed by atoms with Crippen molar-refractivity contribution in [2.45, 2.75) is 13.8 Å². The summed E-state index contributed by atoms with van der Waals surface area (Å²) in [7, 11) is -1.76. The number of carbonyl (C=O) groups excluding carboxylic acids is 1. The van der Waals surface area contributed by atoms with Gasteiger partial charge in [-0.05, 0) is 61.6 Å². The van der Waals surface area contributed by atoms with Crippen molar-refractivity contribution in [1.29, 1.82) is 0 Å². The molecule has 2 aromatic rings. The van der Waals surface area contributed by atoms with Gasteiger partial charge in [0.15, 0.2) is 0 Å². The highest BCUT2D eigenvalue weighted by Gasteiger charge is 2.19. The minimum absolute atomic E-state index is 0.145. The summed E-state index contributed by atoms with van der Waals surface area (Å²) in [5.74, 6) is 0.578. The number of rotatable bonds is 10. The Labute approximate surface area is 173 Å². The fourth-order valence-electron chi connectivity index (χ4n) is 2.94. The summed E-state index contributed by atoms with van der Waals surface area (Å²) in [6, 6.07) is 13.8. The molecule has 1 N–H and O–H groups in total. The maximum absolute atomic E-state index is 13.2. The van der Waals surface area contributed by atoms with Crippen molar-refractivity contribution in [2.75, 3.05) is 49.2 Å². The Morgan fingerprint density at radius 1 is 0.966 bits per heavy atom. The van der Waals surface area contributed by atoms with E-state index in [1.807, 2.05) is 24.3 Å². The van der Waals surface area contributed by atoms with Crippen LogP contribution in [0.15, 0.2) is 48.5 Å². The van der Waals surface area contributed by atoms with Crippen LogP contribution in [-0.2, 0) is 10.0 Å². The molecule has 7 nitrogen and oxygen atoms in total. The van der Waals surface area contributed by atoms with Gasteiger partial charge < -0.3 is 14.5 Å². The number of nitrogens with zero attached hydrogens (tertiary/aromatic N) is 2. The summed E-state index contributed by atoms with van der Waals surface area (Å²) in [5, 5.41) is 0. The molecule has 0 bridgehead atoms. The fraction of sp³-hybridized carbons (Fsp3) is 0.381. The Kier molecular flexibility index (Phi) is 8.04. The molecule has 0 heterocycles. The van der Waals surface area contributed by atoms with Crippen molar-refractivity contribution < 1.29 is 17.9 Å². The maximum atomic E-state index is 13.2. The van der Waals surface area contributed by atoms with Crippen molar-refractivity contribution in [3.8, 4) is 5.75 Å². The van der Waals surface area contributed by atoms with Gasteiger partial charge in [0.25, 0.3) is 5.91 Å². The second kappa shape index (κ2) is 10.3. The van der Waals surface area contributed by atoms with Crippen molar-refractivity contribution in [3.63, 3.8) is 0 Å². The normalized spacial score (nSPS) is 11.3. The van der Waals surface area contributed by atoms with E-state index >= 15 is 0 Å². The van der Waals surface area contributed by atoms with Crippen molar-refractivity contribution in [2.24, 2.45) is 0 Å². The smallest absolute Gasteiger partial charge is 0.258 e. The summed E-state index contributed by atoms with van der Waals surface area (Å²) in [5.41, 5.74) is 1.68. The number of anilines is 2. The van der Waals surface area contributed by atoms with Crippen molar-refractivity contribution >= 4 is 27.3 Å². The van der Waals surface area contributed by atoms with Crippen molar-refractivity contribution in [1.82, 2.24) is 4.90 Å². The van der Waals surface area contributed by atoms with Gasteiger partial charge in [-0.25, -0.2) is 8.42 Å². The van der Waals surface area contributed by atoms with Crippen LogP contribution >= 0.6 is 0 Å². The van der Waals surface area contributed by atoms with Crippen LogP contribution in [0.2, 0.25) is 0 Å². The van der Waals surface area contributed by atoms with E-state index in [4.69, 9.17) is 4.74 Å². The number of benzene rings is 2. The van der Waals surface area contributed by atoms with Gasteiger partial charge >= 0.3 is 0 Å². The van der Waals surface area contributed by atoms with Gasteiger partial charge in [0, 0.05) is 30.0 Å². The predicted octanol–water partition coefficient (Wildman–Crippen LogP) is 3.06. The second-order valence-electron chi connectivity index (χ2n) is 6.63. The van der Waals surface area contributed by atoms with E-state index < -0.39 is 10.0 Å². The van der Waals surface area contributed by atoms with Crippen LogP contribution in [0.1, 0.15) is 24.2 Å². The molecule has 0 unspecified atom stereocenters. The first kappa shape index (κ1) is 22.7. The molecule has 2 rings (SSSR count). The number of likely N-dealkylation sites (N-methyl/N-ethyl adjacent to an activating group) is 1. The molecule has 158 valence electrons. The molecule has 0 spiro atoms. The molecular weight excluding hydrogens is 390 g/mol. The number of methoxy groups -OCH3 is 1. The van der Waals surface area contributed by atoms with Gasteiger partial charge in [0.05, 0.1) is 13.4 Å². The highest BCUT2D eigenvalue weighted by molar-refractivity contribution is 7.92. The number of nitrogens with one attached hydrogen (secondary N) is 1. The number of sulfonamides is 1. The summed E-state index contributed by atoms with van der Waals surface area (Å²) in [6.07, 6.45) is 1.09. The van der Waals surface area contributed by atoms with Gasteiger partial charge in [-0.2, -0.15) is 0 Å². The van der Waals surface area contributed by atoms with Gasteiger partial charge in [0.1, 0.15) is 5.75 Å². The van der Waals surface area contributed by atoms with E-state index in [1.165, 1.54) is 0 Å². The molecule has 0 aromatic heterocycles. The third-order valence-corrected chi connectivity index (χ3v) is 5.21. The molecule has 0 saturated carbocycles. The lowest BCUT2D eigenvalue weighted by atomic mass is 10.1. The third-order valence-electron chi connectivity index (χ3n) is 4.60. The molecule has 2 aromatic carbocycles. The minimum Gasteiger partial charge on any atom is -0.497 e. The average molecular weight is 420 g/mol. The van der Waals surface area contributed by atoms with Gasteiger partial charge in [-0.1, -0.05) is 13.8 Å². The quantitative estimate of drug-likeness (QED) is 0.640. The second-order valence-corrected chi connectivity index (χ2v) is 8.38. The lowest BCUT2D eigenvalue weighted by molar-refractivity contribution is 0.0983. The molecule has 0 fully saturated rings. The van der Waals surface area contributed by atoms with Gasteiger partial charge in [-0.3, -0.25) is 9.52 Å².